The summed E-state index contributed by atoms with van der Waals surface area (Å²) in [5.41, 5.74) is -0.730. The number of hydrogen-bond acceptors (Lipinski definition) is 7. The van der Waals surface area contributed by atoms with Gasteiger partial charge < -0.3 is 30.3 Å². The van der Waals surface area contributed by atoms with Gasteiger partial charge in [-0.1, -0.05) is 51.9 Å². The number of carbonyl (C=O) groups excluding carboxylic acids is 1. The molecule has 188 valence electrons. The summed E-state index contributed by atoms with van der Waals surface area (Å²) in [6.07, 6.45) is 10.2. The fourth-order valence-electron chi connectivity index (χ4n) is 4.57. The van der Waals surface area contributed by atoms with E-state index in [1.807, 2.05) is 0 Å². The molecule has 4 N–H and O–H groups in total. The van der Waals surface area contributed by atoms with Crippen LogP contribution < -0.4 is 10.6 Å². The van der Waals surface area contributed by atoms with E-state index in [0.29, 0.717) is 5.92 Å². The van der Waals surface area contributed by atoms with Gasteiger partial charge in [0.15, 0.2) is 6.29 Å². The number of unbranched alkanes of at least 4 members (excludes halogenated alkanes) is 5. The van der Waals surface area contributed by atoms with E-state index in [4.69, 9.17) is 21.1 Å². The Balaban J connectivity index is 1.84. The third kappa shape index (κ3) is 8.93. The Bertz CT molecular complexity index is 545. The lowest BCUT2D eigenvalue weighted by atomic mass is 9.92. The summed E-state index contributed by atoms with van der Waals surface area (Å²) in [6.45, 7) is 4.81. The molecule has 0 bridgehead atoms. The largest absolute Gasteiger partial charge is 0.385 e. The number of rotatable bonds is 12. The van der Waals surface area contributed by atoms with E-state index in [-0.39, 0.29) is 11.9 Å². The molecule has 0 aromatic rings. The molecular formula is C23H43ClN2O5S. The van der Waals surface area contributed by atoms with Gasteiger partial charge in [-0.25, -0.2) is 0 Å². The van der Waals surface area contributed by atoms with Crippen molar-refractivity contribution >= 4 is 29.3 Å². The first-order chi connectivity index (χ1) is 15.4. The lowest BCUT2D eigenvalue weighted by Crippen LogP contribution is -2.62. The van der Waals surface area contributed by atoms with E-state index in [1.54, 1.807) is 13.2 Å². The highest BCUT2D eigenvalue weighted by Crippen LogP contribution is 2.28. The Kier molecular flexibility index (Phi) is 13.2. The summed E-state index contributed by atoms with van der Waals surface area (Å²) in [5.74, 6) is 0.521. The molecule has 1 amide bonds. The topological polar surface area (TPSA) is 100 Å². The zero-order valence-electron chi connectivity index (χ0n) is 19.8. The van der Waals surface area contributed by atoms with Crippen LogP contribution in [0.5, 0.6) is 0 Å². The molecule has 0 spiro atoms. The van der Waals surface area contributed by atoms with Gasteiger partial charge in [-0.05, 0) is 44.9 Å². The fourth-order valence-corrected chi connectivity index (χ4v) is 5.24. The van der Waals surface area contributed by atoms with Gasteiger partial charge in [0.2, 0.25) is 11.5 Å². The van der Waals surface area contributed by atoms with Crippen LogP contribution in [0.4, 0.5) is 0 Å². The molecule has 0 aliphatic carbocycles. The van der Waals surface area contributed by atoms with E-state index >= 15 is 0 Å². The summed E-state index contributed by atoms with van der Waals surface area (Å²) in [6, 6.07) is -0.947. The lowest BCUT2D eigenvalue weighted by molar-refractivity contribution is -0.308. The average Bonchev–Trinajstić information content (AvgIpc) is 3.02. The Labute approximate surface area is 202 Å². The first kappa shape index (κ1) is 28.1. The van der Waals surface area contributed by atoms with E-state index in [2.05, 4.69) is 17.6 Å². The van der Waals surface area contributed by atoms with Crippen LogP contribution in [0.25, 0.3) is 0 Å². The molecule has 0 radical (unpaired) electrons. The van der Waals surface area contributed by atoms with Gasteiger partial charge in [0.05, 0.1) is 17.5 Å². The minimum atomic E-state index is -1.39. The van der Waals surface area contributed by atoms with Gasteiger partial charge in [0.1, 0.15) is 12.2 Å². The number of thioether (sulfide) groups is 1. The molecule has 9 heteroatoms. The Morgan fingerprint density at radius 1 is 1.16 bits per heavy atom. The number of ether oxygens (including phenoxy) is 2. The highest BCUT2D eigenvalue weighted by Gasteiger charge is 2.44. The maximum Gasteiger partial charge on any atom is 0.237 e. The van der Waals surface area contributed by atoms with E-state index < -0.39 is 35.5 Å². The van der Waals surface area contributed by atoms with Crippen molar-refractivity contribution in [1.29, 1.82) is 0 Å². The molecule has 0 aromatic heterocycles. The first-order valence-corrected chi connectivity index (χ1v) is 14.0. The van der Waals surface area contributed by atoms with Crippen molar-refractivity contribution in [2.24, 2.45) is 5.92 Å². The highest BCUT2D eigenvalue weighted by molar-refractivity contribution is 7.98. The van der Waals surface area contributed by atoms with Crippen LogP contribution in [-0.2, 0) is 14.3 Å². The monoisotopic (exact) mass is 494 g/mol. The minimum Gasteiger partial charge on any atom is -0.385 e. The van der Waals surface area contributed by atoms with Crippen molar-refractivity contribution < 1.29 is 24.5 Å². The van der Waals surface area contributed by atoms with Crippen molar-refractivity contribution in [1.82, 2.24) is 10.6 Å². The predicted molar refractivity (Wildman–Crippen MR) is 130 cm³/mol. The van der Waals surface area contributed by atoms with Crippen molar-refractivity contribution in [2.75, 3.05) is 12.8 Å². The molecule has 2 saturated heterocycles. The van der Waals surface area contributed by atoms with Gasteiger partial charge in [0, 0.05) is 0 Å². The summed E-state index contributed by atoms with van der Waals surface area (Å²) in [7, 11) is 0. The van der Waals surface area contributed by atoms with Gasteiger partial charge in [-0.3, -0.25) is 4.79 Å². The number of alkyl halides is 1. The molecule has 2 aliphatic heterocycles. The fraction of sp³-hybridized carbons (Fsp3) is 0.957. The molecule has 0 aromatic carbocycles. The predicted octanol–water partition coefficient (Wildman–Crippen LogP) is 3.35. The second-order valence-electron chi connectivity index (χ2n) is 9.15. The number of carbonyl (C=O) groups is 1. The second-order valence-corrected chi connectivity index (χ2v) is 10.7. The van der Waals surface area contributed by atoms with Crippen LogP contribution in [0.15, 0.2) is 0 Å². The van der Waals surface area contributed by atoms with E-state index in [1.165, 1.54) is 56.7 Å². The molecule has 0 saturated carbocycles. The highest BCUT2D eigenvalue weighted by atomic mass is 35.5. The normalized spacial score (nSPS) is 33.3. The van der Waals surface area contributed by atoms with Gasteiger partial charge in [-0.15, -0.1) is 23.4 Å². The van der Waals surface area contributed by atoms with Crippen molar-refractivity contribution in [3.05, 3.63) is 0 Å². The standard InChI is InChI=1S/C23H43ClN2O5S/c1-4-5-6-7-8-9-10-16-11-12-17(25-14-13-16)21(28)26-18(15(2)24)20-19(27)22(29)31-23(30-20)32-3/h15-20,22-23,25,27,29H,4-14H2,1-3H3,(H,26,28)/t15?,16?,17?,18?,19?,20?,22-,23?/m1/s1. The summed E-state index contributed by atoms with van der Waals surface area (Å²) in [5, 5.41) is 26.3. The third-order valence-electron chi connectivity index (χ3n) is 6.59. The number of amides is 1. The first-order valence-electron chi connectivity index (χ1n) is 12.2. The second kappa shape index (κ2) is 15.0. The Morgan fingerprint density at radius 3 is 2.56 bits per heavy atom. The van der Waals surface area contributed by atoms with Crippen LogP contribution in [-0.4, -0.2) is 70.5 Å². The molecule has 2 heterocycles. The molecule has 8 atom stereocenters. The third-order valence-corrected chi connectivity index (χ3v) is 7.47. The quantitative estimate of drug-likeness (QED) is 0.244. The Morgan fingerprint density at radius 2 is 1.88 bits per heavy atom. The van der Waals surface area contributed by atoms with Crippen LogP contribution in [0, 0.1) is 5.92 Å². The molecule has 2 rings (SSSR count). The zero-order valence-corrected chi connectivity index (χ0v) is 21.4. The van der Waals surface area contributed by atoms with Gasteiger partial charge >= 0.3 is 0 Å². The summed E-state index contributed by atoms with van der Waals surface area (Å²) in [4.78, 5) is 13.0. The smallest absolute Gasteiger partial charge is 0.237 e. The maximum atomic E-state index is 13.0. The average molecular weight is 495 g/mol. The number of hydrogen-bond donors (Lipinski definition) is 4. The number of nitrogens with one attached hydrogen (secondary N) is 2. The van der Waals surface area contributed by atoms with Crippen LogP contribution in [0.3, 0.4) is 0 Å². The molecule has 7 nitrogen and oxygen atoms in total. The van der Waals surface area contributed by atoms with Gasteiger partial charge in [0.25, 0.3) is 0 Å². The summed E-state index contributed by atoms with van der Waals surface area (Å²) >= 11 is 7.63. The molecule has 2 fully saturated rings. The number of aliphatic hydroxyl groups is 2. The number of halogens is 1. The van der Waals surface area contributed by atoms with E-state index in [9.17, 15) is 15.0 Å². The van der Waals surface area contributed by atoms with Crippen molar-refractivity contribution in [3.8, 4) is 0 Å². The molecule has 2 aliphatic rings. The van der Waals surface area contributed by atoms with Crippen LogP contribution in [0.1, 0.15) is 78.1 Å². The minimum absolute atomic E-state index is 0.139. The van der Waals surface area contributed by atoms with Crippen LogP contribution in [0.2, 0.25) is 0 Å². The van der Waals surface area contributed by atoms with Gasteiger partial charge in [-0.2, -0.15) is 0 Å². The molecular weight excluding hydrogens is 452 g/mol. The maximum absolute atomic E-state index is 13.0. The lowest BCUT2D eigenvalue weighted by Gasteiger charge is -2.41. The van der Waals surface area contributed by atoms with E-state index in [0.717, 1.165) is 25.8 Å². The number of aliphatic hydroxyl groups excluding tert-OH is 2. The zero-order chi connectivity index (χ0) is 23.5. The molecule has 7 unspecified atom stereocenters. The Hall–Kier alpha value is -0.0900. The SMILES string of the molecule is CCCCCCCCC1CCNC(C(=O)NC(C(C)Cl)C2OC(SC)O[C@@H](O)C2O)CC1. The van der Waals surface area contributed by atoms with Crippen molar-refractivity contribution in [2.45, 2.75) is 120 Å². The molecule has 32 heavy (non-hydrogen) atoms. The summed E-state index contributed by atoms with van der Waals surface area (Å²) < 4.78 is 11.0. The van der Waals surface area contributed by atoms with Crippen molar-refractivity contribution in [3.63, 3.8) is 0 Å². The van der Waals surface area contributed by atoms with Crippen LogP contribution >= 0.6 is 23.4 Å².